The lowest BCUT2D eigenvalue weighted by molar-refractivity contribution is 0.161. The van der Waals surface area contributed by atoms with E-state index in [1.54, 1.807) is 6.21 Å². The smallest absolute Gasteiger partial charge is 0.184 e. The van der Waals surface area contributed by atoms with E-state index in [0.717, 1.165) is 0 Å². The van der Waals surface area contributed by atoms with Gasteiger partial charge in [-0.2, -0.15) is 0 Å². The predicted molar refractivity (Wildman–Crippen MR) is 73.0 cm³/mol. The number of hydrogen-bond acceptors (Lipinski definition) is 4. The second-order valence-corrected chi connectivity index (χ2v) is 14.6. The normalized spacial score (nSPS) is 15.4. The molecule has 6 heteroatoms. The van der Waals surface area contributed by atoms with E-state index < -0.39 is 16.6 Å². The Balaban J connectivity index is 4.27. The van der Waals surface area contributed by atoms with Gasteiger partial charge in [-0.3, -0.25) is 0 Å². The van der Waals surface area contributed by atoms with Gasteiger partial charge in [-0.05, 0) is 39.3 Å². The first-order chi connectivity index (χ1) is 7.14. The topological polar surface area (TPSA) is 40.0 Å². The van der Waals surface area contributed by atoms with Crippen molar-refractivity contribution in [3.05, 3.63) is 0 Å². The van der Waals surface area contributed by atoms with Gasteiger partial charge in [0.1, 0.15) is 13.2 Å². The third-order valence-electron chi connectivity index (χ3n) is 1.52. The molecule has 0 aromatic rings. The highest BCUT2D eigenvalue weighted by molar-refractivity contribution is 6.70. The molecule has 0 spiro atoms. The fourth-order valence-corrected chi connectivity index (χ4v) is 2.72. The van der Waals surface area contributed by atoms with Gasteiger partial charge >= 0.3 is 0 Å². The maximum absolute atomic E-state index is 5.94. The van der Waals surface area contributed by atoms with Crippen molar-refractivity contribution >= 4 is 22.8 Å². The van der Waals surface area contributed by atoms with E-state index in [1.807, 2.05) is 0 Å². The number of rotatable bonds is 7. The molecule has 1 atom stereocenters. The SMILES string of the molecule is CON=CC(CO[Si](C)(C)C)O[Si](C)(C)C. The first-order valence-corrected chi connectivity index (χ1v) is 12.3. The lowest BCUT2D eigenvalue weighted by Crippen LogP contribution is -2.38. The zero-order valence-electron chi connectivity index (χ0n) is 11.5. The van der Waals surface area contributed by atoms with Crippen molar-refractivity contribution < 1.29 is 13.7 Å². The summed E-state index contributed by atoms with van der Waals surface area (Å²) in [6.07, 6.45) is 1.58. The summed E-state index contributed by atoms with van der Waals surface area (Å²) in [5.74, 6) is 0. The standard InChI is InChI=1S/C10H25NO3Si2/c1-12-11-8-10(14-16(5,6)7)9-13-15(2,3)4/h8,10H,9H2,1-7H3. The van der Waals surface area contributed by atoms with Gasteiger partial charge in [0.2, 0.25) is 0 Å². The summed E-state index contributed by atoms with van der Waals surface area (Å²) in [5, 5.41) is 3.76. The average molecular weight is 263 g/mol. The van der Waals surface area contributed by atoms with E-state index in [9.17, 15) is 0 Å². The molecule has 96 valence electrons. The average Bonchev–Trinajstić information content (AvgIpc) is 2.06. The Morgan fingerprint density at radius 1 is 1.06 bits per heavy atom. The summed E-state index contributed by atoms with van der Waals surface area (Å²) in [6, 6.07) is 0. The number of nitrogens with zero attached hydrogens (tertiary/aromatic N) is 1. The van der Waals surface area contributed by atoms with Crippen LogP contribution in [0.1, 0.15) is 0 Å². The summed E-state index contributed by atoms with van der Waals surface area (Å²) in [7, 11) is -1.55. The molecule has 0 aliphatic heterocycles. The van der Waals surface area contributed by atoms with Gasteiger partial charge in [0, 0.05) is 0 Å². The lowest BCUT2D eigenvalue weighted by atomic mass is 10.4. The second-order valence-electron chi connectivity index (χ2n) is 5.63. The van der Waals surface area contributed by atoms with Crippen LogP contribution in [0.4, 0.5) is 0 Å². The van der Waals surface area contributed by atoms with Gasteiger partial charge in [-0.1, -0.05) is 5.16 Å². The molecule has 1 unspecified atom stereocenters. The summed E-state index contributed by atoms with van der Waals surface area (Å²) in [5.41, 5.74) is 0. The minimum atomic E-state index is -1.58. The highest BCUT2D eigenvalue weighted by Gasteiger charge is 2.23. The monoisotopic (exact) mass is 263 g/mol. The van der Waals surface area contributed by atoms with Crippen LogP contribution in [0, 0.1) is 0 Å². The zero-order valence-corrected chi connectivity index (χ0v) is 13.5. The molecule has 0 aliphatic carbocycles. The third kappa shape index (κ3) is 10.3. The molecular formula is C10H25NO3Si2. The largest absolute Gasteiger partial charge is 0.415 e. The van der Waals surface area contributed by atoms with Gasteiger partial charge in [0.05, 0.1) is 12.8 Å². The van der Waals surface area contributed by atoms with Crippen LogP contribution >= 0.6 is 0 Å². The van der Waals surface area contributed by atoms with E-state index in [-0.39, 0.29) is 6.10 Å². The highest BCUT2D eigenvalue weighted by atomic mass is 28.4. The fraction of sp³-hybridized carbons (Fsp3) is 0.900. The summed E-state index contributed by atoms with van der Waals surface area (Å²) >= 11 is 0. The van der Waals surface area contributed by atoms with Crippen molar-refractivity contribution in [1.82, 2.24) is 0 Å². The maximum Gasteiger partial charge on any atom is 0.184 e. The third-order valence-corrected chi connectivity index (χ3v) is 3.56. The molecule has 16 heavy (non-hydrogen) atoms. The highest BCUT2D eigenvalue weighted by Crippen LogP contribution is 2.10. The van der Waals surface area contributed by atoms with E-state index in [0.29, 0.717) is 6.61 Å². The minimum Gasteiger partial charge on any atom is -0.415 e. The van der Waals surface area contributed by atoms with Crippen LogP contribution in [-0.2, 0) is 13.7 Å². The summed E-state index contributed by atoms with van der Waals surface area (Å²) < 4.78 is 11.8. The second kappa shape index (κ2) is 6.53. The van der Waals surface area contributed by atoms with Crippen LogP contribution in [0.3, 0.4) is 0 Å². The number of oxime groups is 1. The first-order valence-electron chi connectivity index (χ1n) is 5.52. The van der Waals surface area contributed by atoms with Gasteiger partial charge in [0.15, 0.2) is 16.6 Å². The molecule has 0 amide bonds. The van der Waals surface area contributed by atoms with Crippen molar-refractivity contribution in [2.75, 3.05) is 13.7 Å². The Hall–Kier alpha value is -0.176. The first kappa shape index (κ1) is 15.8. The number of hydrogen-bond donors (Lipinski definition) is 0. The molecule has 0 rings (SSSR count). The van der Waals surface area contributed by atoms with E-state index >= 15 is 0 Å². The van der Waals surface area contributed by atoms with Crippen LogP contribution in [0.15, 0.2) is 5.16 Å². The Kier molecular flexibility index (Phi) is 6.46. The summed E-state index contributed by atoms with van der Waals surface area (Å²) in [6.45, 7) is 13.5. The van der Waals surface area contributed by atoms with Crippen molar-refractivity contribution in [3.8, 4) is 0 Å². The lowest BCUT2D eigenvalue weighted by Gasteiger charge is -2.26. The minimum absolute atomic E-state index is 0.0988. The molecule has 0 radical (unpaired) electrons. The molecular weight excluding hydrogens is 238 g/mol. The van der Waals surface area contributed by atoms with Crippen LogP contribution in [0.2, 0.25) is 39.3 Å². The van der Waals surface area contributed by atoms with E-state index in [2.05, 4.69) is 49.3 Å². The summed E-state index contributed by atoms with van der Waals surface area (Å²) in [4.78, 5) is 4.68. The zero-order chi connectivity index (χ0) is 12.8. The molecule has 0 aromatic heterocycles. The van der Waals surface area contributed by atoms with E-state index in [4.69, 9.17) is 8.85 Å². The Morgan fingerprint density at radius 3 is 2.00 bits per heavy atom. The van der Waals surface area contributed by atoms with Gasteiger partial charge in [-0.25, -0.2) is 0 Å². The van der Waals surface area contributed by atoms with Crippen LogP contribution < -0.4 is 0 Å². The van der Waals surface area contributed by atoms with Crippen LogP contribution in [0.5, 0.6) is 0 Å². The Morgan fingerprint density at radius 2 is 1.62 bits per heavy atom. The van der Waals surface area contributed by atoms with Gasteiger partial charge in [-0.15, -0.1) is 0 Å². The molecule has 0 saturated heterocycles. The quantitative estimate of drug-likeness (QED) is 0.403. The van der Waals surface area contributed by atoms with Crippen LogP contribution in [-0.4, -0.2) is 42.7 Å². The molecule has 0 heterocycles. The van der Waals surface area contributed by atoms with Crippen molar-refractivity contribution in [2.24, 2.45) is 5.16 Å². The molecule has 0 fully saturated rings. The van der Waals surface area contributed by atoms with Crippen molar-refractivity contribution in [3.63, 3.8) is 0 Å². The molecule has 4 nitrogen and oxygen atoms in total. The molecule has 0 N–H and O–H groups in total. The molecule has 0 aromatic carbocycles. The van der Waals surface area contributed by atoms with Gasteiger partial charge in [0.25, 0.3) is 0 Å². The maximum atomic E-state index is 5.94. The molecule has 0 bridgehead atoms. The van der Waals surface area contributed by atoms with Crippen molar-refractivity contribution in [2.45, 2.75) is 45.4 Å². The molecule has 0 aliphatic rings. The Bertz CT molecular complexity index is 221. The van der Waals surface area contributed by atoms with Crippen molar-refractivity contribution in [1.29, 1.82) is 0 Å². The molecule has 0 saturated carbocycles. The van der Waals surface area contributed by atoms with Crippen LogP contribution in [0.25, 0.3) is 0 Å². The Labute approximate surface area is 101 Å². The predicted octanol–water partition coefficient (Wildman–Crippen LogP) is 2.69. The fourth-order valence-electron chi connectivity index (χ4n) is 1.02. The van der Waals surface area contributed by atoms with E-state index in [1.165, 1.54) is 7.11 Å². The van der Waals surface area contributed by atoms with Gasteiger partial charge < -0.3 is 13.7 Å².